The monoisotopic (exact) mass is 302 g/mol. The van der Waals surface area contributed by atoms with E-state index < -0.39 is 21.4 Å². The number of nitrogens with one attached hydrogen (secondary N) is 2. The maximum absolute atomic E-state index is 13.0. The lowest BCUT2D eigenvalue weighted by molar-refractivity contribution is 0.0218. The molecule has 0 unspecified atom stereocenters. The lowest BCUT2D eigenvalue weighted by Gasteiger charge is -2.32. The summed E-state index contributed by atoms with van der Waals surface area (Å²) in [5.74, 6) is -0.475. The predicted molar refractivity (Wildman–Crippen MR) is 73.4 cm³/mol. The number of aryl methyl sites for hydroxylation is 1. The second kappa shape index (κ2) is 5.77. The molecule has 0 aliphatic carbocycles. The predicted octanol–water partition coefficient (Wildman–Crippen LogP) is 0.527. The number of hydrogen-bond donors (Lipinski definition) is 3. The molecular formula is C13H19FN2O3S. The maximum atomic E-state index is 13.0. The van der Waals surface area contributed by atoms with Gasteiger partial charge < -0.3 is 10.4 Å². The van der Waals surface area contributed by atoms with Crippen LogP contribution in [0.3, 0.4) is 0 Å². The molecule has 1 aliphatic heterocycles. The fourth-order valence-corrected chi connectivity index (χ4v) is 3.67. The molecule has 7 heteroatoms. The van der Waals surface area contributed by atoms with Crippen molar-refractivity contribution in [2.24, 2.45) is 0 Å². The average molecular weight is 302 g/mol. The molecule has 0 radical (unpaired) electrons. The molecule has 1 aromatic carbocycles. The van der Waals surface area contributed by atoms with Gasteiger partial charge in [-0.25, -0.2) is 17.5 Å². The molecule has 3 N–H and O–H groups in total. The summed E-state index contributed by atoms with van der Waals surface area (Å²) in [4.78, 5) is 0.0336. The van der Waals surface area contributed by atoms with E-state index in [0.29, 0.717) is 18.5 Å². The number of aliphatic hydroxyl groups is 1. The smallest absolute Gasteiger partial charge is 0.240 e. The first-order valence-corrected chi connectivity index (χ1v) is 8.00. The van der Waals surface area contributed by atoms with Crippen LogP contribution in [0.5, 0.6) is 0 Å². The number of halogens is 1. The van der Waals surface area contributed by atoms with Gasteiger partial charge >= 0.3 is 0 Å². The van der Waals surface area contributed by atoms with E-state index in [0.717, 1.165) is 19.0 Å². The van der Waals surface area contributed by atoms with Crippen LogP contribution in [0.25, 0.3) is 0 Å². The third kappa shape index (κ3) is 3.54. The van der Waals surface area contributed by atoms with Crippen molar-refractivity contribution < 1.29 is 17.9 Å². The fraction of sp³-hybridized carbons (Fsp3) is 0.538. The molecule has 1 fully saturated rings. The van der Waals surface area contributed by atoms with Crippen LogP contribution in [-0.4, -0.2) is 38.8 Å². The van der Waals surface area contributed by atoms with Gasteiger partial charge in [0.1, 0.15) is 5.82 Å². The minimum absolute atomic E-state index is 0.0336. The van der Waals surface area contributed by atoms with Crippen LogP contribution < -0.4 is 10.0 Å². The average Bonchev–Trinajstić information content (AvgIpc) is 2.37. The summed E-state index contributed by atoms with van der Waals surface area (Å²) in [5, 5.41) is 13.3. The van der Waals surface area contributed by atoms with Gasteiger partial charge in [0, 0.05) is 13.1 Å². The van der Waals surface area contributed by atoms with Gasteiger partial charge in [-0.3, -0.25) is 0 Å². The van der Waals surface area contributed by atoms with Crippen LogP contribution in [0.1, 0.15) is 18.4 Å². The lowest BCUT2D eigenvalue weighted by atomic mass is 9.95. The largest absolute Gasteiger partial charge is 0.387 e. The topological polar surface area (TPSA) is 78.4 Å². The SMILES string of the molecule is Cc1cc(F)ccc1S(=O)(=O)NC[C@@]1(O)CCCNC1. The summed E-state index contributed by atoms with van der Waals surface area (Å²) in [6.45, 7) is 2.66. The molecule has 0 saturated carbocycles. The molecule has 0 spiro atoms. The molecular weight excluding hydrogens is 283 g/mol. The van der Waals surface area contributed by atoms with Gasteiger partial charge in [0.15, 0.2) is 0 Å². The zero-order valence-electron chi connectivity index (χ0n) is 11.3. The summed E-state index contributed by atoms with van der Waals surface area (Å²) < 4.78 is 39.8. The number of rotatable bonds is 4. The van der Waals surface area contributed by atoms with E-state index in [-0.39, 0.29) is 11.4 Å². The van der Waals surface area contributed by atoms with E-state index in [4.69, 9.17) is 0 Å². The van der Waals surface area contributed by atoms with Crippen LogP contribution in [0.15, 0.2) is 23.1 Å². The van der Waals surface area contributed by atoms with Crippen LogP contribution in [0.4, 0.5) is 4.39 Å². The summed E-state index contributed by atoms with van der Waals surface area (Å²) >= 11 is 0. The molecule has 1 atom stereocenters. The molecule has 0 bridgehead atoms. The van der Waals surface area contributed by atoms with Crippen molar-refractivity contribution in [2.75, 3.05) is 19.6 Å². The highest BCUT2D eigenvalue weighted by molar-refractivity contribution is 7.89. The molecule has 1 aromatic rings. The Morgan fingerprint density at radius 2 is 2.25 bits per heavy atom. The number of hydrogen-bond acceptors (Lipinski definition) is 4. The van der Waals surface area contributed by atoms with Gasteiger partial charge in [-0.05, 0) is 50.1 Å². The number of piperidine rings is 1. The van der Waals surface area contributed by atoms with E-state index in [1.807, 2.05) is 0 Å². The molecule has 20 heavy (non-hydrogen) atoms. The third-order valence-electron chi connectivity index (χ3n) is 3.47. The van der Waals surface area contributed by atoms with Crippen LogP contribution in [0.2, 0.25) is 0 Å². The normalized spacial score (nSPS) is 23.8. The van der Waals surface area contributed by atoms with E-state index in [1.54, 1.807) is 0 Å². The van der Waals surface area contributed by atoms with Crippen molar-refractivity contribution in [3.05, 3.63) is 29.6 Å². The molecule has 0 aromatic heterocycles. The van der Waals surface area contributed by atoms with Crippen molar-refractivity contribution in [1.82, 2.24) is 10.0 Å². The highest BCUT2D eigenvalue weighted by Crippen LogP contribution is 2.19. The van der Waals surface area contributed by atoms with Crippen molar-refractivity contribution in [1.29, 1.82) is 0 Å². The van der Waals surface area contributed by atoms with Gasteiger partial charge in [0.05, 0.1) is 10.5 Å². The fourth-order valence-electron chi connectivity index (χ4n) is 2.32. The number of benzene rings is 1. The van der Waals surface area contributed by atoms with Gasteiger partial charge in [-0.15, -0.1) is 0 Å². The number of sulfonamides is 1. The Bertz CT molecular complexity index is 583. The van der Waals surface area contributed by atoms with E-state index in [9.17, 15) is 17.9 Å². The summed E-state index contributed by atoms with van der Waals surface area (Å²) in [5.41, 5.74) is -0.731. The molecule has 0 amide bonds. The second-order valence-electron chi connectivity index (χ2n) is 5.24. The zero-order valence-corrected chi connectivity index (χ0v) is 12.1. The summed E-state index contributed by atoms with van der Waals surface area (Å²) in [6.07, 6.45) is 1.35. The van der Waals surface area contributed by atoms with Crippen LogP contribution in [0, 0.1) is 12.7 Å². The van der Waals surface area contributed by atoms with Gasteiger partial charge in [0.2, 0.25) is 10.0 Å². The van der Waals surface area contributed by atoms with Crippen LogP contribution >= 0.6 is 0 Å². The third-order valence-corrected chi connectivity index (χ3v) is 5.03. The molecule has 112 valence electrons. The molecule has 1 heterocycles. The van der Waals surface area contributed by atoms with Gasteiger partial charge in [-0.2, -0.15) is 0 Å². The molecule has 1 saturated heterocycles. The first kappa shape index (κ1) is 15.4. The first-order chi connectivity index (χ1) is 9.32. The van der Waals surface area contributed by atoms with Crippen molar-refractivity contribution in [3.63, 3.8) is 0 Å². The highest BCUT2D eigenvalue weighted by Gasteiger charge is 2.31. The first-order valence-electron chi connectivity index (χ1n) is 6.51. The van der Waals surface area contributed by atoms with Gasteiger partial charge in [0.25, 0.3) is 0 Å². The van der Waals surface area contributed by atoms with E-state index >= 15 is 0 Å². The van der Waals surface area contributed by atoms with E-state index in [2.05, 4.69) is 10.0 Å². The van der Waals surface area contributed by atoms with Crippen LogP contribution in [-0.2, 0) is 10.0 Å². The summed E-state index contributed by atoms with van der Waals surface area (Å²) in [7, 11) is -3.75. The van der Waals surface area contributed by atoms with Crippen molar-refractivity contribution in [2.45, 2.75) is 30.3 Å². The Hall–Kier alpha value is -1.02. The van der Waals surface area contributed by atoms with E-state index in [1.165, 1.54) is 19.1 Å². The second-order valence-corrected chi connectivity index (χ2v) is 6.97. The summed E-state index contributed by atoms with van der Waals surface area (Å²) in [6, 6.07) is 3.51. The highest BCUT2D eigenvalue weighted by atomic mass is 32.2. The quantitative estimate of drug-likeness (QED) is 0.758. The maximum Gasteiger partial charge on any atom is 0.240 e. The Morgan fingerprint density at radius 3 is 2.85 bits per heavy atom. The Balaban J connectivity index is 2.11. The molecule has 5 nitrogen and oxygen atoms in total. The zero-order chi connectivity index (χ0) is 14.8. The minimum Gasteiger partial charge on any atom is -0.387 e. The molecule has 2 rings (SSSR count). The minimum atomic E-state index is -3.75. The van der Waals surface area contributed by atoms with Gasteiger partial charge in [-0.1, -0.05) is 0 Å². The lowest BCUT2D eigenvalue weighted by Crippen LogP contribution is -2.52. The van der Waals surface area contributed by atoms with Crippen molar-refractivity contribution in [3.8, 4) is 0 Å². The Kier molecular flexibility index (Phi) is 4.43. The standard InChI is InChI=1S/C13H19FN2O3S/c1-10-7-11(14)3-4-12(10)20(18,19)16-9-13(17)5-2-6-15-8-13/h3-4,7,15-17H,2,5-6,8-9H2,1H3/t13-/m1/s1. The Labute approximate surface area is 118 Å². The van der Waals surface area contributed by atoms with Crippen molar-refractivity contribution >= 4 is 10.0 Å². The number of β-amino-alcohol motifs (C(OH)–C–C–N with tert-alkyl or cyclic N) is 1. The Morgan fingerprint density at radius 1 is 1.50 bits per heavy atom. The molecule has 1 aliphatic rings.